The van der Waals surface area contributed by atoms with Gasteiger partial charge in [0, 0.05) is 28.7 Å². The van der Waals surface area contributed by atoms with Crippen LogP contribution in [0.4, 0.5) is 10.5 Å². The average Bonchev–Trinajstić information content (AvgIpc) is 3.49. The number of carbonyl (C=O) groups excluding carboxylic acids is 3. The Labute approximate surface area is 176 Å². The van der Waals surface area contributed by atoms with E-state index in [-0.39, 0.29) is 18.3 Å². The van der Waals surface area contributed by atoms with Crippen molar-refractivity contribution in [2.24, 2.45) is 5.92 Å². The highest BCUT2D eigenvalue weighted by atomic mass is 16.5. The van der Waals surface area contributed by atoms with E-state index in [1.807, 2.05) is 26.0 Å². The van der Waals surface area contributed by atoms with E-state index in [0.717, 1.165) is 24.2 Å². The molecule has 0 unspecified atom stereocenters. The number of hydrogen-bond donors (Lipinski definition) is 2. The first-order valence-corrected chi connectivity index (χ1v) is 10.3. The number of ketones is 1. The molecule has 2 amide bonds. The van der Waals surface area contributed by atoms with Crippen molar-refractivity contribution in [1.82, 2.24) is 9.88 Å². The van der Waals surface area contributed by atoms with Gasteiger partial charge in [0.2, 0.25) is 5.78 Å². The van der Waals surface area contributed by atoms with Gasteiger partial charge < -0.3 is 19.9 Å². The highest BCUT2D eigenvalue weighted by molar-refractivity contribution is 6.00. The predicted octanol–water partition coefficient (Wildman–Crippen LogP) is 4.01. The number of esters is 1. The summed E-state index contributed by atoms with van der Waals surface area (Å²) in [5, 5.41) is 5.31. The summed E-state index contributed by atoms with van der Waals surface area (Å²) in [4.78, 5) is 37.5. The number of Topliss-reactive ketones (excluding diaryl/α,β-unsaturated/α-hetero) is 1. The van der Waals surface area contributed by atoms with Gasteiger partial charge in [-0.25, -0.2) is 9.59 Å². The van der Waals surface area contributed by atoms with Gasteiger partial charge in [0.25, 0.3) is 0 Å². The molecule has 0 saturated heterocycles. The highest BCUT2D eigenvalue weighted by Gasteiger charge is 2.30. The zero-order valence-corrected chi connectivity index (χ0v) is 17.9. The number of para-hydroxylation sites is 1. The molecule has 1 heterocycles. The van der Waals surface area contributed by atoms with Gasteiger partial charge in [-0.2, -0.15) is 0 Å². The molecule has 2 aromatic rings. The first-order chi connectivity index (χ1) is 14.3. The minimum absolute atomic E-state index is 0.200. The maximum atomic E-state index is 12.6. The Morgan fingerprint density at radius 1 is 1.13 bits per heavy atom. The number of aromatic nitrogens is 1. The normalized spacial score (nSPS) is 14.3. The minimum Gasteiger partial charge on any atom is -0.456 e. The summed E-state index contributed by atoms with van der Waals surface area (Å²) in [5.41, 5.74) is 3.16. The second-order valence-corrected chi connectivity index (χ2v) is 8.10. The van der Waals surface area contributed by atoms with Crippen molar-refractivity contribution in [1.29, 1.82) is 0 Å². The number of rotatable bonds is 8. The van der Waals surface area contributed by atoms with Crippen molar-refractivity contribution < 1.29 is 19.1 Å². The largest absolute Gasteiger partial charge is 0.456 e. The molecule has 1 aliphatic carbocycles. The van der Waals surface area contributed by atoms with Crippen LogP contribution in [-0.2, 0) is 9.53 Å². The van der Waals surface area contributed by atoms with Crippen LogP contribution in [0.25, 0.3) is 0 Å². The number of amides is 2. The molecule has 2 N–H and O–H groups in total. The molecular formula is C23H29N3O4. The van der Waals surface area contributed by atoms with E-state index < -0.39 is 18.0 Å². The van der Waals surface area contributed by atoms with Crippen molar-refractivity contribution >= 4 is 23.5 Å². The fourth-order valence-electron chi connectivity index (χ4n) is 3.59. The monoisotopic (exact) mass is 411 g/mol. The lowest BCUT2D eigenvalue weighted by Gasteiger charge is -2.21. The number of ether oxygens (including phenoxy) is 1. The Hall–Kier alpha value is -3.09. The van der Waals surface area contributed by atoms with Crippen molar-refractivity contribution in [3.8, 4) is 0 Å². The summed E-state index contributed by atoms with van der Waals surface area (Å²) < 4.78 is 7.45. The van der Waals surface area contributed by atoms with Crippen LogP contribution in [0.5, 0.6) is 0 Å². The van der Waals surface area contributed by atoms with Gasteiger partial charge in [0.05, 0.1) is 0 Å². The van der Waals surface area contributed by atoms with E-state index in [1.54, 1.807) is 38.1 Å². The van der Waals surface area contributed by atoms with Gasteiger partial charge in [0.15, 0.2) is 6.61 Å². The molecule has 160 valence electrons. The summed E-state index contributed by atoms with van der Waals surface area (Å²) in [6.07, 6.45) is 2.26. The SMILES string of the molecule is Cc1cc(C(=O)COC(=O)[C@H](NC(=O)Nc2ccccc2)C(C)C)c(C)n1C1CC1. The van der Waals surface area contributed by atoms with E-state index in [2.05, 4.69) is 15.2 Å². The average molecular weight is 412 g/mol. The molecule has 7 heteroatoms. The van der Waals surface area contributed by atoms with E-state index in [0.29, 0.717) is 17.3 Å². The lowest BCUT2D eigenvalue weighted by Crippen LogP contribution is -2.47. The van der Waals surface area contributed by atoms with Crippen LogP contribution >= 0.6 is 0 Å². The summed E-state index contributed by atoms with van der Waals surface area (Å²) in [6, 6.07) is 9.91. The fraction of sp³-hybridized carbons (Fsp3) is 0.435. The van der Waals surface area contributed by atoms with E-state index in [1.165, 1.54) is 0 Å². The Bertz CT molecular complexity index is 929. The second-order valence-electron chi connectivity index (χ2n) is 8.10. The molecule has 1 fully saturated rings. The van der Waals surface area contributed by atoms with E-state index in [4.69, 9.17) is 4.74 Å². The van der Waals surface area contributed by atoms with Crippen LogP contribution in [-0.4, -0.2) is 35.0 Å². The number of hydrogen-bond acceptors (Lipinski definition) is 4. The van der Waals surface area contributed by atoms with Gasteiger partial charge in [-0.05, 0) is 50.8 Å². The van der Waals surface area contributed by atoms with Gasteiger partial charge in [-0.1, -0.05) is 32.0 Å². The number of anilines is 1. The molecular weight excluding hydrogens is 382 g/mol. The molecule has 1 atom stereocenters. The summed E-state index contributed by atoms with van der Waals surface area (Å²) in [5.74, 6) is -1.06. The highest BCUT2D eigenvalue weighted by Crippen LogP contribution is 2.38. The van der Waals surface area contributed by atoms with Crippen LogP contribution in [0.1, 0.15) is 54.5 Å². The van der Waals surface area contributed by atoms with Crippen LogP contribution in [0.15, 0.2) is 36.4 Å². The first-order valence-electron chi connectivity index (χ1n) is 10.3. The number of carbonyl (C=O) groups is 3. The quantitative estimate of drug-likeness (QED) is 0.507. The van der Waals surface area contributed by atoms with E-state index in [9.17, 15) is 14.4 Å². The predicted molar refractivity (Wildman–Crippen MR) is 115 cm³/mol. The lowest BCUT2D eigenvalue weighted by atomic mass is 10.1. The third-order valence-corrected chi connectivity index (χ3v) is 5.28. The zero-order valence-electron chi connectivity index (χ0n) is 17.9. The van der Waals surface area contributed by atoms with Gasteiger partial charge in [-0.3, -0.25) is 4.79 Å². The van der Waals surface area contributed by atoms with Crippen LogP contribution < -0.4 is 10.6 Å². The van der Waals surface area contributed by atoms with Gasteiger partial charge >= 0.3 is 12.0 Å². The summed E-state index contributed by atoms with van der Waals surface area (Å²) in [6.45, 7) is 7.17. The van der Waals surface area contributed by atoms with Crippen molar-refractivity contribution in [3.63, 3.8) is 0 Å². The van der Waals surface area contributed by atoms with Crippen molar-refractivity contribution in [2.45, 2.75) is 52.6 Å². The third kappa shape index (κ3) is 5.09. The third-order valence-electron chi connectivity index (χ3n) is 5.28. The fourth-order valence-corrected chi connectivity index (χ4v) is 3.59. The molecule has 3 rings (SSSR count). The van der Waals surface area contributed by atoms with Crippen molar-refractivity contribution in [2.75, 3.05) is 11.9 Å². The number of nitrogens with zero attached hydrogens (tertiary/aromatic N) is 1. The van der Waals surface area contributed by atoms with Crippen LogP contribution in [0, 0.1) is 19.8 Å². The lowest BCUT2D eigenvalue weighted by molar-refractivity contribution is -0.145. The Morgan fingerprint density at radius 2 is 1.80 bits per heavy atom. The smallest absolute Gasteiger partial charge is 0.329 e. The first kappa shape index (κ1) is 21.6. The summed E-state index contributed by atoms with van der Waals surface area (Å²) in [7, 11) is 0. The number of benzene rings is 1. The molecule has 0 aliphatic heterocycles. The maximum Gasteiger partial charge on any atom is 0.329 e. The van der Waals surface area contributed by atoms with Crippen LogP contribution in [0.2, 0.25) is 0 Å². The molecule has 0 bridgehead atoms. The van der Waals surface area contributed by atoms with E-state index >= 15 is 0 Å². The van der Waals surface area contributed by atoms with Crippen molar-refractivity contribution in [3.05, 3.63) is 53.3 Å². The molecule has 1 aromatic heterocycles. The molecule has 7 nitrogen and oxygen atoms in total. The Kier molecular flexibility index (Phi) is 6.59. The topological polar surface area (TPSA) is 89.4 Å². The molecule has 0 spiro atoms. The molecule has 1 saturated carbocycles. The zero-order chi connectivity index (χ0) is 21.8. The minimum atomic E-state index is -0.861. The number of urea groups is 1. The number of aryl methyl sites for hydroxylation is 1. The molecule has 30 heavy (non-hydrogen) atoms. The summed E-state index contributed by atoms with van der Waals surface area (Å²) >= 11 is 0. The Morgan fingerprint density at radius 3 is 2.40 bits per heavy atom. The standard InChI is InChI=1S/C23H29N3O4/c1-14(2)21(25-23(29)24-17-8-6-5-7-9-17)22(28)30-13-20(27)19-12-15(3)26(16(19)4)18-10-11-18/h5-9,12,14,18,21H,10-11,13H2,1-4H3,(H2,24,25,29)/t21-/m1/s1. The van der Waals surface area contributed by atoms with Gasteiger partial charge in [-0.15, -0.1) is 0 Å². The molecule has 0 radical (unpaired) electrons. The van der Waals surface area contributed by atoms with Gasteiger partial charge in [0.1, 0.15) is 6.04 Å². The number of nitrogens with one attached hydrogen (secondary N) is 2. The molecule has 1 aromatic carbocycles. The maximum absolute atomic E-state index is 12.6. The molecule has 1 aliphatic rings. The van der Waals surface area contributed by atoms with Crippen LogP contribution in [0.3, 0.4) is 0 Å². The second kappa shape index (κ2) is 9.15. The Balaban J connectivity index is 1.58.